The molecule has 0 unspecified atom stereocenters. The molecule has 0 atom stereocenters. The lowest BCUT2D eigenvalue weighted by atomic mass is 10.0. The highest BCUT2D eigenvalue weighted by molar-refractivity contribution is 7.95. The fraction of sp³-hybridized carbons (Fsp3) is 0.526. The Morgan fingerprint density at radius 1 is 1.25 bits per heavy atom. The molecule has 1 aromatic carbocycles. The van der Waals surface area contributed by atoms with Crippen LogP contribution in [0.25, 0.3) is 0 Å². The summed E-state index contributed by atoms with van der Waals surface area (Å²) in [6.07, 6.45) is 0.964. The molecule has 1 N–H and O–H groups in total. The molecule has 0 fully saturated rings. The number of nitrogens with one attached hydrogen (secondary N) is 1. The highest BCUT2D eigenvalue weighted by Gasteiger charge is 2.32. The van der Waals surface area contributed by atoms with Crippen LogP contribution in [0.4, 0.5) is 0 Å². The predicted octanol–water partition coefficient (Wildman–Crippen LogP) is 2.26. The number of carbonyl (C=O) groups excluding carboxylic acids is 3. The highest BCUT2D eigenvalue weighted by Crippen LogP contribution is 2.41. The zero-order valence-corrected chi connectivity index (χ0v) is 17.4. The van der Waals surface area contributed by atoms with Gasteiger partial charge in [-0.1, -0.05) is 19.1 Å². The Labute approximate surface area is 169 Å². The van der Waals surface area contributed by atoms with Gasteiger partial charge < -0.3 is 14.2 Å². The van der Waals surface area contributed by atoms with E-state index in [-0.39, 0.29) is 37.6 Å². The third kappa shape index (κ3) is 6.13. The van der Waals surface area contributed by atoms with Gasteiger partial charge in [-0.2, -0.15) is 0 Å². The second-order valence-electron chi connectivity index (χ2n) is 6.76. The predicted molar refractivity (Wildman–Crippen MR) is 105 cm³/mol. The topological polar surface area (TPSA) is 94.2 Å². The number of ether oxygens (including phenoxy) is 3. The molecule has 0 saturated carbocycles. The molecule has 0 aromatic heterocycles. The maximum Gasteiger partial charge on any atom is 0.326 e. The smallest absolute Gasteiger partial charge is 0.326 e. The molecule has 2 rings (SSSR count). The second kappa shape index (κ2) is 9.79. The molecule has 0 aliphatic carbocycles. The van der Waals surface area contributed by atoms with Gasteiger partial charge in [-0.3, -0.25) is 18.7 Å². The number of hydrogen-bond acceptors (Lipinski definition) is 8. The van der Waals surface area contributed by atoms with Gasteiger partial charge in [0.05, 0.1) is 6.61 Å². The first-order chi connectivity index (χ1) is 13.3. The number of para-hydroxylation sites is 1. The summed E-state index contributed by atoms with van der Waals surface area (Å²) in [4.78, 5) is 35.7. The van der Waals surface area contributed by atoms with Gasteiger partial charge in [0.2, 0.25) is 5.91 Å². The minimum atomic E-state index is -0.533. The lowest BCUT2D eigenvalue weighted by molar-refractivity contribution is -0.145. The number of benzene rings is 1. The van der Waals surface area contributed by atoms with Crippen LogP contribution in [0.2, 0.25) is 0 Å². The largest absolute Gasteiger partial charge is 0.483 e. The molecule has 1 aliphatic heterocycles. The third-order valence-electron chi connectivity index (χ3n) is 3.83. The first-order valence-corrected chi connectivity index (χ1v) is 9.90. The molecular formula is C19H26N2O6S. The van der Waals surface area contributed by atoms with E-state index in [1.165, 1.54) is 4.31 Å². The summed E-state index contributed by atoms with van der Waals surface area (Å²) in [7, 11) is 0. The summed E-state index contributed by atoms with van der Waals surface area (Å²) in [5.41, 5.74) is 0.652. The molecule has 0 spiro atoms. The Morgan fingerprint density at radius 3 is 2.68 bits per heavy atom. The van der Waals surface area contributed by atoms with E-state index in [0.29, 0.717) is 11.5 Å². The van der Waals surface area contributed by atoms with Crippen LogP contribution in [-0.4, -0.2) is 47.4 Å². The number of hydrogen-bond donors (Lipinski definition) is 1. The van der Waals surface area contributed by atoms with Crippen molar-refractivity contribution in [3.63, 3.8) is 0 Å². The highest BCUT2D eigenvalue weighted by atomic mass is 32.2. The van der Waals surface area contributed by atoms with Crippen LogP contribution in [0, 0.1) is 0 Å². The van der Waals surface area contributed by atoms with Crippen molar-refractivity contribution in [3.05, 3.63) is 23.8 Å². The van der Waals surface area contributed by atoms with Gasteiger partial charge >= 0.3 is 11.9 Å². The van der Waals surface area contributed by atoms with Crippen molar-refractivity contribution < 1.29 is 28.6 Å². The SMILES string of the molecule is CCOC(=O)CN(SNCC(=O)Oc1cccc2c1OC(C)(C)C2)C(=O)CC. The standard InChI is InChI=1S/C19H26N2O6S/c1-5-15(22)21(12-17(24)25-6-2)28-20-11-16(23)26-14-9-7-8-13-10-19(3,4)27-18(13)14/h7-9,20H,5-6,10-12H2,1-4H3. The molecular weight excluding hydrogens is 384 g/mol. The molecule has 1 heterocycles. The monoisotopic (exact) mass is 410 g/mol. The molecule has 1 aliphatic rings. The Morgan fingerprint density at radius 2 is 2.00 bits per heavy atom. The van der Waals surface area contributed by atoms with Crippen molar-refractivity contribution in [2.45, 2.75) is 46.1 Å². The van der Waals surface area contributed by atoms with Crippen molar-refractivity contribution >= 4 is 30.0 Å². The van der Waals surface area contributed by atoms with Crippen molar-refractivity contribution in [1.29, 1.82) is 0 Å². The van der Waals surface area contributed by atoms with Gasteiger partial charge in [-0.25, -0.2) is 4.72 Å². The lowest BCUT2D eigenvalue weighted by Crippen LogP contribution is -2.34. The van der Waals surface area contributed by atoms with Gasteiger partial charge in [-0.05, 0) is 26.8 Å². The Balaban J connectivity index is 1.88. The first-order valence-electron chi connectivity index (χ1n) is 9.13. The lowest BCUT2D eigenvalue weighted by Gasteiger charge is -2.19. The molecule has 8 nitrogen and oxygen atoms in total. The number of amides is 1. The molecule has 9 heteroatoms. The van der Waals surface area contributed by atoms with Crippen LogP contribution in [0.15, 0.2) is 18.2 Å². The average molecular weight is 410 g/mol. The third-order valence-corrected chi connectivity index (χ3v) is 4.66. The minimum Gasteiger partial charge on any atom is -0.483 e. The fourth-order valence-corrected chi connectivity index (χ4v) is 3.41. The van der Waals surface area contributed by atoms with Crippen LogP contribution in [0.5, 0.6) is 11.5 Å². The quantitative estimate of drug-likeness (QED) is 0.376. The average Bonchev–Trinajstić information content (AvgIpc) is 2.95. The van der Waals surface area contributed by atoms with Crippen molar-refractivity contribution in [3.8, 4) is 11.5 Å². The fourth-order valence-electron chi connectivity index (χ4n) is 2.67. The van der Waals surface area contributed by atoms with Crippen LogP contribution >= 0.6 is 12.1 Å². The van der Waals surface area contributed by atoms with Crippen LogP contribution in [0.1, 0.15) is 39.7 Å². The van der Waals surface area contributed by atoms with Crippen LogP contribution in [0.3, 0.4) is 0 Å². The zero-order chi connectivity index (χ0) is 20.7. The number of carbonyl (C=O) groups is 3. The molecule has 0 radical (unpaired) electrons. The van der Waals surface area contributed by atoms with Gasteiger partial charge in [0, 0.05) is 30.5 Å². The summed E-state index contributed by atoms with van der Waals surface area (Å²) < 4.78 is 20.1. The van der Waals surface area contributed by atoms with E-state index in [2.05, 4.69) is 4.72 Å². The van der Waals surface area contributed by atoms with E-state index in [1.807, 2.05) is 26.0 Å². The van der Waals surface area contributed by atoms with E-state index >= 15 is 0 Å². The van der Waals surface area contributed by atoms with Gasteiger partial charge in [0.1, 0.15) is 18.7 Å². The van der Waals surface area contributed by atoms with E-state index in [9.17, 15) is 14.4 Å². The summed E-state index contributed by atoms with van der Waals surface area (Å²) in [6.45, 7) is 7.19. The molecule has 154 valence electrons. The van der Waals surface area contributed by atoms with Gasteiger partial charge in [0.15, 0.2) is 11.5 Å². The molecule has 28 heavy (non-hydrogen) atoms. The summed E-state index contributed by atoms with van der Waals surface area (Å²) >= 11 is 0.873. The zero-order valence-electron chi connectivity index (χ0n) is 16.6. The molecule has 1 aromatic rings. The maximum atomic E-state index is 12.2. The van der Waals surface area contributed by atoms with Crippen molar-refractivity contribution in [1.82, 2.24) is 9.03 Å². The summed E-state index contributed by atoms with van der Waals surface area (Å²) in [6, 6.07) is 5.44. The van der Waals surface area contributed by atoms with E-state index in [1.54, 1.807) is 19.9 Å². The second-order valence-corrected chi connectivity index (χ2v) is 7.67. The normalized spacial score (nSPS) is 14.0. The molecule has 0 saturated heterocycles. The van der Waals surface area contributed by atoms with Crippen LogP contribution in [-0.2, 0) is 25.5 Å². The van der Waals surface area contributed by atoms with Gasteiger partial charge in [-0.15, -0.1) is 0 Å². The van der Waals surface area contributed by atoms with Crippen LogP contribution < -0.4 is 14.2 Å². The van der Waals surface area contributed by atoms with E-state index < -0.39 is 11.9 Å². The minimum absolute atomic E-state index is 0.159. The van der Waals surface area contributed by atoms with Crippen molar-refractivity contribution in [2.75, 3.05) is 19.7 Å². The van der Waals surface area contributed by atoms with Crippen molar-refractivity contribution in [2.24, 2.45) is 0 Å². The number of esters is 2. The van der Waals surface area contributed by atoms with E-state index in [4.69, 9.17) is 14.2 Å². The number of nitrogens with zero attached hydrogens (tertiary/aromatic N) is 1. The molecule has 0 bridgehead atoms. The number of fused-ring (bicyclic) bond motifs is 1. The summed E-state index contributed by atoms with van der Waals surface area (Å²) in [5.74, 6) is -0.350. The van der Waals surface area contributed by atoms with Gasteiger partial charge in [0.25, 0.3) is 0 Å². The van der Waals surface area contributed by atoms with E-state index in [0.717, 1.165) is 24.1 Å². The Hall–Kier alpha value is -2.26. The summed E-state index contributed by atoms with van der Waals surface area (Å²) in [5, 5.41) is 0. The first kappa shape index (κ1) is 22.0. The molecule has 1 amide bonds. The Kier molecular flexibility index (Phi) is 7.70. The maximum absolute atomic E-state index is 12.2. The Bertz CT molecular complexity index is 737. The number of rotatable bonds is 9.